The number of nitrogens with zero attached hydrogens (tertiary/aromatic N) is 2. The zero-order valence-corrected chi connectivity index (χ0v) is 10.4. The van der Waals surface area contributed by atoms with Crippen molar-refractivity contribution in [2.24, 2.45) is 0 Å². The molecular weight excluding hydrogens is 272 g/mol. The molecule has 0 radical (unpaired) electrons. The quantitative estimate of drug-likeness (QED) is 0.621. The Hall–Kier alpha value is -2.26. The number of pyridine rings is 1. The van der Waals surface area contributed by atoms with Gasteiger partial charge < -0.3 is 15.1 Å². The molecule has 100 valence electrons. The Morgan fingerprint density at radius 3 is 2.68 bits per heavy atom. The lowest BCUT2D eigenvalue weighted by molar-refractivity contribution is -0.389. The maximum absolute atomic E-state index is 11.9. The van der Waals surface area contributed by atoms with Crippen LogP contribution in [0.15, 0.2) is 41.7 Å². The van der Waals surface area contributed by atoms with Crippen molar-refractivity contribution in [2.45, 2.75) is 11.4 Å². The highest BCUT2D eigenvalue weighted by atomic mass is 32.2. The highest BCUT2D eigenvalue weighted by Gasteiger charge is 2.17. The Bertz CT molecular complexity index is 664. The molecule has 2 aromatic heterocycles. The zero-order valence-electron chi connectivity index (χ0n) is 9.61. The fourth-order valence-corrected chi connectivity index (χ4v) is 2.33. The van der Waals surface area contributed by atoms with E-state index in [0.29, 0.717) is 0 Å². The van der Waals surface area contributed by atoms with Gasteiger partial charge in [0.15, 0.2) is 6.20 Å². The van der Waals surface area contributed by atoms with Crippen LogP contribution >= 0.6 is 0 Å². The molecule has 9 heteroatoms. The van der Waals surface area contributed by atoms with Crippen LogP contribution in [-0.2, 0) is 16.6 Å². The lowest BCUT2D eigenvalue weighted by Gasteiger charge is -2.03. The first kappa shape index (κ1) is 13.2. The van der Waals surface area contributed by atoms with Gasteiger partial charge in [0, 0.05) is 25.0 Å². The normalized spacial score (nSPS) is 11.4. The van der Waals surface area contributed by atoms with Crippen LogP contribution in [-0.4, -0.2) is 23.3 Å². The standard InChI is InChI=1S/C10H10N4O4S/c15-14(16)10-2-1-9(7-12-10)19(17,18)13-6-8-3-4-11-5-8/h1-5,7,11,13H,6H2. The van der Waals surface area contributed by atoms with Gasteiger partial charge in [0.1, 0.15) is 4.90 Å². The summed E-state index contributed by atoms with van der Waals surface area (Å²) < 4.78 is 26.1. The monoisotopic (exact) mass is 282 g/mol. The molecule has 0 aliphatic rings. The summed E-state index contributed by atoms with van der Waals surface area (Å²) in [6.45, 7) is 0.128. The van der Waals surface area contributed by atoms with Crippen LogP contribution in [0.4, 0.5) is 5.82 Å². The number of rotatable bonds is 5. The van der Waals surface area contributed by atoms with E-state index < -0.39 is 20.8 Å². The Balaban J connectivity index is 2.13. The molecule has 19 heavy (non-hydrogen) atoms. The Kier molecular flexibility index (Phi) is 3.58. The van der Waals surface area contributed by atoms with Gasteiger partial charge >= 0.3 is 5.82 Å². The summed E-state index contributed by atoms with van der Waals surface area (Å²) in [7, 11) is -3.73. The van der Waals surface area contributed by atoms with Crippen molar-refractivity contribution in [1.29, 1.82) is 0 Å². The minimum atomic E-state index is -3.73. The molecule has 2 heterocycles. The summed E-state index contributed by atoms with van der Waals surface area (Å²) in [4.78, 5) is 15.9. The molecule has 2 aromatic rings. The average molecular weight is 282 g/mol. The summed E-state index contributed by atoms with van der Waals surface area (Å²) in [6, 6.07) is 3.92. The Morgan fingerprint density at radius 2 is 2.16 bits per heavy atom. The van der Waals surface area contributed by atoms with Gasteiger partial charge in [-0.25, -0.2) is 13.1 Å². The highest BCUT2D eigenvalue weighted by molar-refractivity contribution is 7.89. The fourth-order valence-electron chi connectivity index (χ4n) is 1.37. The number of aromatic amines is 1. The van der Waals surface area contributed by atoms with E-state index in [1.165, 1.54) is 0 Å². The smallest absolute Gasteiger partial charge is 0.363 e. The zero-order chi connectivity index (χ0) is 13.9. The van der Waals surface area contributed by atoms with Crippen LogP contribution in [0.5, 0.6) is 0 Å². The first-order valence-electron chi connectivity index (χ1n) is 5.21. The number of nitrogens with one attached hydrogen (secondary N) is 2. The van der Waals surface area contributed by atoms with Crippen molar-refractivity contribution in [3.05, 3.63) is 52.5 Å². The molecule has 0 aliphatic carbocycles. The molecule has 0 amide bonds. The average Bonchev–Trinajstić information content (AvgIpc) is 2.90. The SMILES string of the molecule is O=[N+]([O-])c1ccc(S(=O)(=O)NCc2cc[nH]c2)cn1. The third kappa shape index (κ3) is 3.14. The molecule has 2 rings (SSSR count). The van der Waals surface area contributed by atoms with E-state index in [0.717, 1.165) is 23.9 Å². The number of nitro groups is 1. The summed E-state index contributed by atoms with van der Waals surface area (Å²) >= 11 is 0. The second-order valence-electron chi connectivity index (χ2n) is 3.65. The maximum atomic E-state index is 11.9. The fraction of sp³-hybridized carbons (Fsp3) is 0.100. The number of sulfonamides is 1. The summed E-state index contributed by atoms with van der Waals surface area (Å²) in [5.74, 6) is -0.399. The summed E-state index contributed by atoms with van der Waals surface area (Å²) in [5.41, 5.74) is 0.776. The third-order valence-electron chi connectivity index (χ3n) is 2.35. The molecule has 8 nitrogen and oxygen atoms in total. The van der Waals surface area contributed by atoms with E-state index in [1.807, 2.05) is 0 Å². The molecule has 2 N–H and O–H groups in total. The molecule has 0 saturated heterocycles. The van der Waals surface area contributed by atoms with Crippen LogP contribution in [0.25, 0.3) is 0 Å². The Morgan fingerprint density at radius 1 is 1.37 bits per heavy atom. The van der Waals surface area contributed by atoms with Gasteiger partial charge in [-0.1, -0.05) is 0 Å². The van der Waals surface area contributed by atoms with Gasteiger partial charge in [-0.3, -0.25) is 0 Å². The predicted molar refractivity (Wildman–Crippen MR) is 65.7 cm³/mol. The topological polar surface area (TPSA) is 118 Å². The van der Waals surface area contributed by atoms with Crippen LogP contribution < -0.4 is 4.72 Å². The van der Waals surface area contributed by atoms with Crippen molar-refractivity contribution < 1.29 is 13.3 Å². The van der Waals surface area contributed by atoms with Crippen molar-refractivity contribution >= 4 is 15.8 Å². The predicted octanol–water partition coefficient (Wildman–Crippen LogP) is 0.796. The molecule has 0 aromatic carbocycles. The van der Waals surface area contributed by atoms with E-state index in [1.54, 1.807) is 18.5 Å². The summed E-state index contributed by atoms with van der Waals surface area (Å²) in [6.07, 6.45) is 4.30. The largest absolute Gasteiger partial charge is 0.367 e. The van der Waals surface area contributed by atoms with Crippen molar-refractivity contribution in [1.82, 2.24) is 14.7 Å². The second kappa shape index (κ2) is 5.16. The lowest BCUT2D eigenvalue weighted by Crippen LogP contribution is -2.23. The van der Waals surface area contributed by atoms with Crippen LogP contribution in [0.1, 0.15) is 5.56 Å². The second-order valence-corrected chi connectivity index (χ2v) is 5.42. The first-order valence-corrected chi connectivity index (χ1v) is 6.69. The summed E-state index contributed by atoms with van der Waals surface area (Å²) in [5, 5.41) is 10.4. The number of hydrogen-bond donors (Lipinski definition) is 2. The molecule has 0 atom stereocenters. The number of H-pyrrole nitrogens is 1. The van der Waals surface area contributed by atoms with E-state index in [-0.39, 0.29) is 11.4 Å². The first-order chi connectivity index (χ1) is 8.99. The lowest BCUT2D eigenvalue weighted by atomic mass is 10.4. The van der Waals surface area contributed by atoms with Crippen molar-refractivity contribution in [3.63, 3.8) is 0 Å². The van der Waals surface area contributed by atoms with Gasteiger partial charge in [-0.2, -0.15) is 0 Å². The van der Waals surface area contributed by atoms with Crippen LogP contribution in [0.2, 0.25) is 0 Å². The molecule has 0 saturated carbocycles. The number of hydrogen-bond acceptors (Lipinski definition) is 5. The van der Waals surface area contributed by atoms with Gasteiger partial charge in [0.25, 0.3) is 0 Å². The minimum Gasteiger partial charge on any atom is -0.367 e. The van der Waals surface area contributed by atoms with E-state index in [4.69, 9.17) is 0 Å². The van der Waals surface area contributed by atoms with E-state index in [2.05, 4.69) is 14.7 Å². The van der Waals surface area contributed by atoms with E-state index >= 15 is 0 Å². The molecule has 0 aliphatic heterocycles. The molecule has 0 unspecified atom stereocenters. The third-order valence-corrected chi connectivity index (χ3v) is 3.73. The molecule has 0 fully saturated rings. The van der Waals surface area contributed by atoms with Crippen LogP contribution in [0, 0.1) is 10.1 Å². The number of aromatic nitrogens is 2. The minimum absolute atomic E-state index is 0.117. The highest BCUT2D eigenvalue weighted by Crippen LogP contribution is 2.12. The van der Waals surface area contributed by atoms with Gasteiger partial charge in [0.2, 0.25) is 10.0 Å². The van der Waals surface area contributed by atoms with E-state index in [9.17, 15) is 18.5 Å². The van der Waals surface area contributed by atoms with Gasteiger partial charge in [0.05, 0.1) is 0 Å². The maximum Gasteiger partial charge on any atom is 0.363 e. The van der Waals surface area contributed by atoms with Crippen molar-refractivity contribution in [3.8, 4) is 0 Å². The molecule has 0 bridgehead atoms. The molecule has 0 spiro atoms. The van der Waals surface area contributed by atoms with Gasteiger partial charge in [-0.05, 0) is 27.6 Å². The van der Waals surface area contributed by atoms with Gasteiger partial charge in [-0.15, -0.1) is 0 Å². The Labute approximate surface area is 108 Å². The van der Waals surface area contributed by atoms with Crippen molar-refractivity contribution in [2.75, 3.05) is 0 Å². The van der Waals surface area contributed by atoms with Crippen LogP contribution in [0.3, 0.4) is 0 Å². The molecular formula is C10H10N4O4S.